The highest BCUT2D eigenvalue weighted by molar-refractivity contribution is 5.06. The molecule has 5 atom stereocenters. The standard InChI is InChI=1S/C22H34F4/c1-13-2-4-14(5-3-13)15-6-8-16(9-7-15)18-12-17-10-11-19(23)21(24)20(17)22(18,25)26/h13-21H,2-12H2,1H3. The largest absolute Gasteiger partial charge is 0.257 e. The molecule has 0 amide bonds. The molecule has 0 N–H and O–H groups in total. The fourth-order valence-electron chi connectivity index (χ4n) is 7.00. The van der Waals surface area contributed by atoms with Crippen LogP contribution >= 0.6 is 0 Å². The third-order valence-corrected chi connectivity index (χ3v) is 8.62. The molecule has 0 saturated heterocycles. The summed E-state index contributed by atoms with van der Waals surface area (Å²) < 4.78 is 58.0. The number of fused-ring (bicyclic) bond motifs is 1. The van der Waals surface area contributed by atoms with Gasteiger partial charge in [-0.2, -0.15) is 0 Å². The maximum absolute atomic E-state index is 15.0. The molecule has 4 heteroatoms. The van der Waals surface area contributed by atoms with Crippen LogP contribution in [-0.4, -0.2) is 18.3 Å². The van der Waals surface area contributed by atoms with Crippen molar-refractivity contribution in [2.24, 2.45) is 41.4 Å². The third-order valence-electron chi connectivity index (χ3n) is 8.62. The van der Waals surface area contributed by atoms with E-state index in [1.807, 2.05) is 0 Å². The molecule has 4 fully saturated rings. The van der Waals surface area contributed by atoms with Crippen molar-refractivity contribution in [2.75, 3.05) is 0 Å². The lowest BCUT2D eigenvalue weighted by molar-refractivity contribution is -0.139. The van der Waals surface area contributed by atoms with Gasteiger partial charge in [0, 0.05) is 5.92 Å². The highest BCUT2D eigenvalue weighted by Gasteiger charge is 2.64. The van der Waals surface area contributed by atoms with Gasteiger partial charge in [-0.25, -0.2) is 17.6 Å². The summed E-state index contributed by atoms with van der Waals surface area (Å²) in [6.07, 6.45) is 6.44. The zero-order chi connectivity index (χ0) is 18.5. The highest BCUT2D eigenvalue weighted by Crippen LogP contribution is 2.59. The summed E-state index contributed by atoms with van der Waals surface area (Å²) in [6.45, 7) is 2.33. The van der Waals surface area contributed by atoms with Crippen LogP contribution < -0.4 is 0 Å². The van der Waals surface area contributed by atoms with Gasteiger partial charge in [0.15, 0.2) is 0 Å². The van der Waals surface area contributed by atoms with Crippen LogP contribution in [0.25, 0.3) is 0 Å². The van der Waals surface area contributed by atoms with Crippen molar-refractivity contribution in [1.82, 2.24) is 0 Å². The summed E-state index contributed by atoms with van der Waals surface area (Å²) in [5.41, 5.74) is 0. The van der Waals surface area contributed by atoms with Gasteiger partial charge in [-0.15, -0.1) is 0 Å². The molecule has 0 aliphatic heterocycles. The molecule has 150 valence electrons. The van der Waals surface area contributed by atoms with Crippen LogP contribution in [0.15, 0.2) is 0 Å². The number of alkyl halides is 4. The Morgan fingerprint density at radius 3 is 1.77 bits per heavy atom. The maximum atomic E-state index is 15.0. The van der Waals surface area contributed by atoms with Gasteiger partial charge in [0.05, 0.1) is 5.92 Å². The number of hydrogen-bond acceptors (Lipinski definition) is 0. The second-order valence-corrected chi connectivity index (χ2v) is 10.0. The van der Waals surface area contributed by atoms with Crippen LogP contribution in [0.2, 0.25) is 0 Å². The van der Waals surface area contributed by atoms with E-state index in [9.17, 15) is 8.78 Å². The SMILES string of the molecule is CC1CCC(C2CCC(C3CC4CCC(F)C(F)C4C3(F)F)CC2)CC1. The Morgan fingerprint density at radius 2 is 1.15 bits per heavy atom. The molecule has 0 bridgehead atoms. The lowest BCUT2D eigenvalue weighted by Crippen LogP contribution is -2.45. The Bertz CT molecular complexity index is 477. The van der Waals surface area contributed by atoms with Gasteiger partial charge in [0.25, 0.3) is 5.92 Å². The molecule has 4 saturated carbocycles. The van der Waals surface area contributed by atoms with E-state index in [2.05, 4.69) is 6.92 Å². The van der Waals surface area contributed by atoms with Gasteiger partial charge in [-0.05, 0) is 87.4 Å². The van der Waals surface area contributed by atoms with Crippen LogP contribution in [0.1, 0.15) is 77.6 Å². The monoisotopic (exact) mass is 374 g/mol. The molecule has 4 rings (SSSR count). The van der Waals surface area contributed by atoms with Crippen LogP contribution in [0.3, 0.4) is 0 Å². The van der Waals surface area contributed by atoms with Crippen molar-refractivity contribution in [2.45, 2.75) is 95.8 Å². The Labute approximate surface area is 155 Å². The van der Waals surface area contributed by atoms with E-state index in [0.29, 0.717) is 18.8 Å². The Morgan fingerprint density at radius 1 is 0.654 bits per heavy atom. The molecule has 0 spiro atoms. The van der Waals surface area contributed by atoms with E-state index in [0.717, 1.165) is 37.5 Å². The van der Waals surface area contributed by atoms with Crippen molar-refractivity contribution in [3.8, 4) is 0 Å². The van der Waals surface area contributed by atoms with Crippen molar-refractivity contribution in [3.63, 3.8) is 0 Å². The smallest absolute Gasteiger partial charge is 0.244 e. The molecule has 0 aromatic heterocycles. The minimum absolute atomic E-state index is 0.0135. The first kappa shape index (κ1) is 19.1. The van der Waals surface area contributed by atoms with Gasteiger partial charge in [-0.3, -0.25) is 0 Å². The zero-order valence-corrected chi connectivity index (χ0v) is 16.0. The molecule has 5 unspecified atom stereocenters. The van der Waals surface area contributed by atoms with E-state index in [1.165, 1.54) is 25.7 Å². The van der Waals surface area contributed by atoms with Crippen LogP contribution in [0, 0.1) is 41.4 Å². The molecule has 26 heavy (non-hydrogen) atoms. The van der Waals surface area contributed by atoms with Crippen LogP contribution in [0.5, 0.6) is 0 Å². The van der Waals surface area contributed by atoms with E-state index in [4.69, 9.17) is 0 Å². The van der Waals surface area contributed by atoms with Gasteiger partial charge < -0.3 is 0 Å². The molecular formula is C22H34F4. The average Bonchev–Trinajstić information content (AvgIpc) is 2.90. The van der Waals surface area contributed by atoms with E-state index >= 15 is 8.78 Å². The quantitative estimate of drug-likeness (QED) is 0.458. The van der Waals surface area contributed by atoms with Crippen LogP contribution in [-0.2, 0) is 0 Å². The van der Waals surface area contributed by atoms with Crippen molar-refractivity contribution >= 4 is 0 Å². The van der Waals surface area contributed by atoms with Gasteiger partial charge >= 0.3 is 0 Å². The summed E-state index contributed by atoms with van der Waals surface area (Å²) in [5.74, 6) is -3.05. The Balaban J connectivity index is 1.37. The highest BCUT2D eigenvalue weighted by atomic mass is 19.3. The van der Waals surface area contributed by atoms with E-state index in [-0.39, 0.29) is 18.3 Å². The predicted molar refractivity (Wildman–Crippen MR) is 95.6 cm³/mol. The van der Waals surface area contributed by atoms with Crippen molar-refractivity contribution in [3.05, 3.63) is 0 Å². The fourth-order valence-corrected chi connectivity index (χ4v) is 7.00. The third kappa shape index (κ3) is 3.32. The van der Waals surface area contributed by atoms with E-state index < -0.39 is 30.1 Å². The number of rotatable bonds is 2. The summed E-state index contributed by atoms with van der Waals surface area (Å²) in [7, 11) is 0. The first-order valence-corrected chi connectivity index (χ1v) is 11.0. The second kappa shape index (κ2) is 7.28. The summed E-state index contributed by atoms with van der Waals surface area (Å²) >= 11 is 0. The molecular weight excluding hydrogens is 340 g/mol. The van der Waals surface area contributed by atoms with Crippen molar-refractivity contribution < 1.29 is 17.6 Å². The summed E-state index contributed by atoms with van der Waals surface area (Å²) in [6, 6.07) is 0. The summed E-state index contributed by atoms with van der Waals surface area (Å²) in [5, 5.41) is 0. The Kier molecular flexibility index (Phi) is 5.33. The van der Waals surface area contributed by atoms with E-state index in [1.54, 1.807) is 0 Å². The zero-order valence-electron chi connectivity index (χ0n) is 16.0. The first-order chi connectivity index (χ1) is 12.4. The molecule has 0 aromatic rings. The summed E-state index contributed by atoms with van der Waals surface area (Å²) in [4.78, 5) is 0. The maximum Gasteiger partial charge on any atom is 0.257 e. The van der Waals surface area contributed by atoms with Crippen LogP contribution in [0.4, 0.5) is 17.6 Å². The molecule has 4 aliphatic carbocycles. The molecule has 4 aliphatic rings. The van der Waals surface area contributed by atoms with Crippen molar-refractivity contribution in [1.29, 1.82) is 0 Å². The lowest BCUT2D eigenvalue weighted by Gasteiger charge is -2.40. The van der Waals surface area contributed by atoms with Gasteiger partial charge in [0.2, 0.25) is 0 Å². The number of hydrogen-bond donors (Lipinski definition) is 0. The lowest BCUT2D eigenvalue weighted by atomic mass is 9.67. The average molecular weight is 375 g/mol. The molecule has 0 heterocycles. The Hall–Kier alpha value is -0.280. The first-order valence-electron chi connectivity index (χ1n) is 11.0. The molecule has 0 radical (unpaired) electrons. The van der Waals surface area contributed by atoms with Gasteiger partial charge in [0.1, 0.15) is 12.3 Å². The minimum Gasteiger partial charge on any atom is -0.244 e. The molecule has 0 aromatic carbocycles. The predicted octanol–water partition coefficient (Wildman–Crippen LogP) is 6.98. The fraction of sp³-hybridized carbons (Fsp3) is 1.00. The molecule has 0 nitrogen and oxygen atoms in total. The second-order valence-electron chi connectivity index (χ2n) is 10.0. The topological polar surface area (TPSA) is 0 Å². The minimum atomic E-state index is -3.02. The number of halogens is 4. The van der Waals surface area contributed by atoms with Gasteiger partial charge in [-0.1, -0.05) is 19.8 Å². The normalized spacial score (nSPS) is 51.8.